The second-order valence-electron chi connectivity index (χ2n) is 8.55. The van der Waals surface area contributed by atoms with Gasteiger partial charge in [-0.3, -0.25) is 9.50 Å². The number of imidazole rings is 1. The molecule has 10 nitrogen and oxygen atoms in total. The number of amides is 1. The van der Waals surface area contributed by atoms with E-state index >= 15 is 0 Å². The summed E-state index contributed by atoms with van der Waals surface area (Å²) in [4.78, 5) is 20.5. The molecule has 0 unspecified atom stereocenters. The number of benzene rings is 1. The molecule has 3 atom stereocenters. The molecule has 1 saturated heterocycles. The fourth-order valence-electron chi connectivity index (χ4n) is 3.87. The summed E-state index contributed by atoms with van der Waals surface area (Å²) in [5.74, 6) is -0.920. The molecular weight excluding hydrogens is 479 g/mol. The van der Waals surface area contributed by atoms with E-state index in [0.29, 0.717) is 11.3 Å². The molecule has 1 aromatic carbocycles. The first-order chi connectivity index (χ1) is 17.3. The van der Waals surface area contributed by atoms with Gasteiger partial charge < -0.3 is 20.1 Å². The zero-order valence-corrected chi connectivity index (χ0v) is 19.2. The number of halogens is 3. The zero-order valence-electron chi connectivity index (χ0n) is 19.2. The molecule has 5 rings (SSSR count). The van der Waals surface area contributed by atoms with Crippen LogP contribution in [0.5, 0.6) is 0 Å². The third-order valence-electron chi connectivity index (χ3n) is 5.44. The lowest BCUT2D eigenvalue weighted by Gasteiger charge is -2.16. The number of hydrogen-bond donors (Lipinski definition) is 3. The van der Waals surface area contributed by atoms with Crippen LogP contribution >= 0.6 is 0 Å². The molecule has 1 amide bonds. The van der Waals surface area contributed by atoms with E-state index in [1.807, 2.05) is 0 Å². The second-order valence-corrected chi connectivity index (χ2v) is 8.55. The highest BCUT2D eigenvalue weighted by atomic mass is 19.1. The van der Waals surface area contributed by atoms with Crippen LogP contribution in [0.3, 0.4) is 0 Å². The number of carbonyl (C=O) groups excluding carboxylic acids is 1. The maximum Gasteiger partial charge on any atom is 0.407 e. The highest BCUT2D eigenvalue weighted by Crippen LogP contribution is 2.34. The smallest absolute Gasteiger partial charge is 0.407 e. The molecule has 13 heteroatoms. The van der Waals surface area contributed by atoms with E-state index in [-0.39, 0.29) is 35.7 Å². The predicted octanol–water partition coefficient (Wildman–Crippen LogP) is 4.05. The quantitative estimate of drug-likeness (QED) is 0.365. The summed E-state index contributed by atoms with van der Waals surface area (Å²) < 4.78 is 54.7. The van der Waals surface area contributed by atoms with Crippen molar-refractivity contribution in [2.45, 2.75) is 38.3 Å². The molecule has 1 aliphatic rings. The van der Waals surface area contributed by atoms with Gasteiger partial charge in [-0.05, 0) is 26.0 Å². The van der Waals surface area contributed by atoms with Gasteiger partial charge in [-0.25, -0.2) is 27.9 Å². The van der Waals surface area contributed by atoms with Crippen LogP contribution in [0.2, 0.25) is 0 Å². The van der Waals surface area contributed by atoms with Crippen LogP contribution in [0, 0.1) is 11.6 Å². The van der Waals surface area contributed by atoms with E-state index in [2.05, 4.69) is 30.8 Å². The Kier molecular flexibility index (Phi) is 6.22. The van der Waals surface area contributed by atoms with Crippen molar-refractivity contribution in [2.24, 2.45) is 0 Å². The minimum atomic E-state index is -1.61. The topological polar surface area (TPSA) is 118 Å². The zero-order chi connectivity index (χ0) is 25.4. The number of aromatic nitrogens is 5. The third kappa shape index (κ3) is 4.82. The summed E-state index contributed by atoms with van der Waals surface area (Å²) >= 11 is 0. The van der Waals surface area contributed by atoms with Crippen LogP contribution < -0.4 is 10.6 Å². The molecule has 4 heterocycles. The first kappa shape index (κ1) is 23.6. The molecule has 3 aromatic heterocycles. The fourth-order valence-corrected chi connectivity index (χ4v) is 3.87. The number of aromatic amines is 1. The Balaban J connectivity index is 1.36. The number of nitrogens with zero attached hydrogens (tertiary/aromatic N) is 4. The van der Waals surface area contributed by atoms with Crippen molar-refractivity contribution in [2.75, 3.05) is 11.9 Å². The van der Waals surface area contributed by atoms with E-state index < -0.39 is 36.1 Å². The van der Waals surface area contributed by atoms with Crippen molar-refractivity contribution in [1.29, 1.82) is 0 Å². The number of alkyl carbamates (subject to hydrolysis) is 1. The van der Waals surface area contributed by atoms with E-state index in [0.717, 1.165) is 6.07 Å². The van der Waals surface area contributed by atoms with Gasteiger partial charge in [0.15, 0.2) is 18.1 Å². The standard InChI is InChI=1S/C23H22F3N7O3/c1-11(2)28-23(34)36-17-10-35-21(20(17)26)16-8-18(32-31-16)30-22-29-15(9-19-27-3-4-33(19)22)12-5-13(24)7-14(25)6-12/h3-9,11,17,20-21H,10H2,1-2H3,(H,28,34)(H2,29,30,31,32)/t17-,20+,21-/m0/s1. The van der Waals surface area contributed by atoms with Crippen molar-refractivity contribution in [3.8, 4) is 11.3 Å². The lowest BCUT2D eigenvalue weighted by Crippen LogP contribution is -2.36. The molecule has 0 aliphatic carbocycles. The van der Waals surface area contributed by atoms with Crippen molar-refractivity contribution in [3.05, 3.63) is 60.1 Å². The van der Waals surface area contributed by atoms with Crippen molar-refractivity contribution in [3.63, 3.8) is 0 Å². The molecule has 3 N–H and O–H groups in total. The molecule has 0 radical (unpaired) electrons. The summed E-state index contributed by atoms with van der Waals surface area (Å²) in [5.41, 5.74) is 1.32. The molecule has 188 valence electrons. The van der Waals surface area contributed by atoms with Gasteiger partial charge in [0.05, 0.1) is 18.0 Å². The minimum absolute atomic E-state index is 0.109. The number of nitrogens with one attached hydrogen (secondary N) is 3. The van der Waals surface area contributed by atoms with E-state index in [4.69, 9.17) is 9.47 Å². The largest absolute Gasteiger partial charge is 0.441 e. The predicted molar refractivity (Wildman–Crippen MR) is 122 cm³/mol. The fraction of sp³-hybridized carbons (Fsp3) is 0.304. The van der Waals surface area contributed by atoms with Gasteiger partial charge >= 0.3 is 6.09 Å². The minimum Gasteiger partial charge on any atom is -0.441 e. The summed E-state index contributed by atoms with van der Waals surface area (Å²) in [7, 11) is 0. The van der Waals surface area contributed by atoms with Crippen molar-refractivity contribution >= 4 is 23.5 Å². The molecule has 0 spiro atoms. The molecule has 1 fully saturated rings. The van der Waals surface area contributed by atoms with Gasteiger partial charge in [-0.1, -0.05) is 0 Å². The van der Waals surface area contributed by atoms with Crippen LogP contribution in [0.4, 0.5) is 29.7 Å². The molecule has 36 heavy (non-hydrogen) atoms. The first-order valence-electron chi connectivity index (χ1n) is 11.1. The average molecular weight is 501 g/mol. The van der Waals surface area contributed by atoms with Crippen LogP contribution in [-0.2, 0) is 9.47 Å². The highest BCUT2D eigenvalue weighted by Gasteiger charge is 2.42. The van der Waals surface area contributed by atoms with Crippen LogP contribution in [-0.4, -0.2) is 55.6 Å². The summed E-state index contributed by atoms with van der Waals surface area (Å²) in [6, 6.07) is 6.08. The summed E-state index contributed by atoms with van der Waals surface area (Å²) in [6.45, 7) is 3.42. The Labute approximate surface area is 202 Å². The van der Waals surface area contributed by atoms with Gasteiger partial charge in [-0.15, -0.1) is 0 Å². The number of carbonyl (C=O) groups is 1. The van der Waals surface area contributed by atoms with Gasteiger partial charge in [-0.2, -0.15) is 5.10 Å². The Hall–Kier alpha value is -4.13. The number of rotatable bonds is 6. The molecule has 0 bridgehead atoms. The molecule has 1 aliphatic heterocycles. The molecular formula is C23H22F3N7O3. The van der Waals surface area contributed by atoms with E-state index in [1.54, 1.807) is 36.7 Å². The third-order valence-corrected chi connectivity index (χ3v) is 5.44. The van der Waals surface area contributed by atoms with Crippen molar-refractivity contribution in [1.82, 2.24) is 29.9 Å². The molecule has 0 saturated carbocycles. The number of ether oxygens (including phenoxy) is 2. The molecule has 4 aromatic rings. The number of hydrogen-bond acceptors (Lipinski definition) is 7. The maximum atomic E-state index is 15.0. The van der Waals surface area contributed by atoms with Crippen LogP contribution in [0.15, 0.2) is 42.7 Å². The summed E-state index contributed by atoms with van der Waals surface area (Å²) in [5, 5.41) is 12.4. The lowest BCUT2D eigenvalue weighted by atomic mass is 10.1. The highest BCUT2D eigenvalue weighted by molar-refractivity contribution is 5.68. The maximum absolute atomic E-state index is 15.0. The second kappa shape index (κ2) is 9.49. The number of fused-ring (bicyclic) bond motifs is 1. The van der Waals surface area contributed by atoms with Crippen LogP contribution in [0.1, 0.15) is 25.6 Å². The number of alkyl halides is 1. The first-order valence-corrected chi connectivity index (χ1v) is 11.1. The van der Waals surface area contributed by atoms with E-state index in [1.165, 1.54) is 18.2 Å². The van der Waals surface area contributed by atoms with Gasteiger partial charge in [0, 0.05) is 42.2 Å². The van der Waals surface area contributed by atoms with Gasteiger partial charge in [0.2, 0.25) is 5.95 Å². The Bertz CT molecular complexity index is 1390. The van der Waals surface area contributed by atoms with Gasteiger partial charge in [0.25, 0.3) is 0 Å². The monoisotopic (exact) mass is 501 g/mol. The SMILES string of the molecule is CC(C)NC(=O)O[C@H]1CO[C@@H](c2cc(Nc3nc(-c4cc(F)cc(F)c4)cc4nccn34)n[nH]2)[C@@H]1F. The number of H-pyrrole nitrogens is 1. The lowest BCUT2D eigenvalue weighted by molar-refractivity contribution is 0.0615. The van der Waals surface area contributed by atoms with Gasteiger partial charge in [0.1, 0.15) is 23.4 Å². The Morgan fingerprint density at radius 1 is 1.22 bits per heavy atom. The van der Waals surface area contributed by atoms with E-state index in [9.17, 15) is 18.0 Å². The Morgan fingerprint density at radius 2 is 2.00 bits per heavy atom. The Morgan fingerprint density at radius 3 is 2.75 bits per heavy atom. The summed E-state index contributed by atoms with van der Waals surface area (Å²) in [6.07, 6.45) is -1.22. The number of anilines is 2. The van der Waals surface area contributed by atoms with Crippen LogP contribution in [0.25, 0.3) is 16.9 Å². The normalized spacial score (nSPS) is 19.7. The average Bonchev–Trinajstić information content (AvgIpc) is 3.53. The van der Waals surface area contributed by atoms with Crippen molar-refractivity contribution < 1.29 is 27.4 Å².